The second-order valence-corrected chi connectivity index (χ2v) is 3.46. The molecule has 0 aromatic carbocycles. The molecule has 0 saturated carbocycles. The Hall–Kier alpha value is 0.0903. The van der Waals surface area contributed by atoms with Gasteiger partial charge in [-0.1, -0.05) is 23.2 Å². The normalized spacial score (nSPS) is 14.3. The van der Waals surface area contributed by atoms with E-state index in [4.69, 9.17) is 38.2 Å². The van der Waals surface area contributed by atoms with Gasteiger partial charge in [-0.05, 0) is 7.05 Å². The van der Waals surface area contributed by atoms with E-state index in [0.717, 1.165) is 6.92 Å². The molecular formula is C8H13AgCl2N2O3. The van der Waals surface area contributed by atoms with Gasteiger partial charge in [-0.15, -0.1) is 0 Å². The minimum Gasteiger partial charge on any atom is -0.494 e. The SMILES string of the molecule is CC(=O)O.CN1[CH-]N(CCO)C(Cl)=C1Cl.[Ag+]. The molecule has 0 aromatic heterocycles. The van der Waals surface area contributed by atoms with E-state index in [2.05, 4.69) is 0 Å². The molecule has 16 heavy (non-hydrogen) atoms. The molecule has 0 radical (unpaired) electrons. The van der Waals surface area contributed by atoms with Gasteiger partial charge in [0.2, 0.25) is 0 Å². The van der Waals surface area contributed by atoms with E-state index >= 15 is 0 Å². The van der Waals surface area contributed by atoms with Gasteiger partial charge in [0.15, 0.2) is 0 Å². The van der Waals surface area contributed by atoms with E-state index in [0.29, 0.717) is 16.9 Å². The van der Waals surface area contributed by atoms with E-state index in [1.807, 2.05) is 0 Å². The summed E-state index contributed by atoms with van der Waals surface area (Å²) < 4.78 is 0. The zero-order chi connectivity index (χ0) is 12.0. The van der Waals surface area contributed by atoms with Gasteiger partial charge in [0.1, 0.15) is 10.3 Å². The van der Waals surface area contributed by atoms with Crippen molar-refractivity contribution in [3.63, 3.8) is 0 Å². The molecule has 0 unspecified atom stereocenters. The Balaban J connectivity index is 0. The average Bonchev–Trinajstić information content (AvgIpc) is 2.34. The molecule has 0 atom stereocenters. The first-order valence-corrected chi connectivity index (χ1v) is 4.85. The Kier molecular flexibility index (Phi) is 10.6. The fourth-order valence-electron chi connectivity index (χ4n) is 0.838. The maximum atomic E-state index is 9.00. The van der Waals surface area contributed by atoms with Crippen LogP contribution in [0.25, 0.3) is 0 Å². The molecule has 0 bridgehead atoms. The van der Waals surface area contributed by atoms with Crippen molar-refractivity contribution in [2.75, 3.05) is 20.2 Å². The van der Waals surface area contributed by atoms with Gasteiger partial charge in [-0.25, -0.2) is 0 Å². The fraction of sp³-hybridized carbons (Fsp3) is 0.500. The summed E-state index contributed by atoms with van der Waals surface area (Å²) in [4.78, 5) is 12.4. The van der Waals surface area contributed by atoms with Crippen molar-refractivity contribution < 1.29 is 37.4 Å². The van der Waals surface area contributed by atoms with Gasteiger partial charge < -0.3 is 20.0 Å². The first-order valence-electron chi connectivity index (χ1n) is 4.10. The second kappa shape index (κ2) is 9.15. The number of halogens is 2. The number of hydrogen-bond donors (Lipinski definition) is 2. The quantitative estimate of drug-likeness (QED) is 0.436. The summed E-state index contributed by atoms with van der Waals surface area (Å²) in [5, 5.41) is 17.0. The maximum Gasteiger partial charge on any atom is 1.00 e. The number of aliphatic hydroxyl groups is 1. The minimum atomic E-state index is -0.833. The van der Waals surface area contributed by atoms with Crippen LogP contribution < -0.4 is 0 Å². The van der Waals surface area contributed by atoms with Crippen LogP contribution in [0, 0.1) is 6.67 Å². The van der Waals surface area contributed by atoms with Gasteiger partial charge in [0.05, 0.1) is 6.61 Å². The summed E-state index contributed by atoms with van der Waals surface area (Å²) >= 11 is 11.6. The molecule has 1 aliphatic rings. The van der Waals surface area contributed by atoms with Crippen molar-refractivity contribution >= 4 is 29.2 Å². The molecular weight excluding hydrogens is 351 g/mol. The molecule has 0 amide bonds. The van der Waals surface area contributed by atoms with E-state index in [1.165, 1.54) is 0 Å². The summed E-state index contributed by atoms with van der Waals surface area (Å²) in [5.74, 6) is -0.833. The molecule has 8 heteroatoms. The Morgan fingerprint density at radius 2 is 1.88 bits per heavy atom. The largest absolute Gasteiger partial charge is 1.00 e. The topological polar surface area (TPSA) is 64.0 Å². The van der Waals surface area contributed by atoms with Crippen LogP contribution in [0.15, 0.2) is 10.3 Å². The van der Waals surface area contributed by atoms with Gasteiger partial charge in [-0.3, -0.25) is 4.79 Å². The maximum absolute atomic E-state index is 9.00. The van der Waals surface area contributed by atoms with Crippen molar-refractivity contribution in [1.29, 1.82) is 0 Å². The first-order chi connectivity index (χ1) is 6.90. The summed E-state index contributed by atoms with van der Waals surface area (Å²) in [6.45, 7) is 3.35. The van der Waals surface area contributed by atoms with E-state index in [1.54, 1.807) is 23.5 Å². The van der Waals surface area contributed by atoms with Crippen LogP contribution in [-0.2, 0) is 27.2 Å². The van der Waals surface area contributed by atoms with E-state index in [-0.39, 0.29) is 29.0 Å². The number of nitrogens with zero attached hydrogens (tertiary/aromatic N) is 2. The number of hydrogen-bond acceptors (Lipinski definition) is 4. The molecule has 0 aliphatic carbocycles. The van der Waals surface area contributed by atoms with Gasteiger partial charge in [-0.2, -0.15) is 6.67 Å². The van der Waals surface area contributed by atoms with Gasteiger partial charge in [0.25, 0.3) is 5.97 Å². The van der Waals surface area contributed by atoms with Crippen molar-refractivity contribution in [1.82, 2.24) is 9.80 Å². The molecule has 98 valence electrons. The number of β-amino-alcohol motifs (C(OH)–C–C–N with tert-alkyl or cyclic N) is 1. The van der Waals surface area contributed by atoms with Crippen LogP contribution in [0.1, 0.15) is 6.92 Å². The Labute approximate surface area is 120 Å². The van der Waals surface area contributed by atoms with Crippen molar-refractivity contribution in [3.8, 4) is 0 Å². The van der Waals surface area contributed by atoms with Crippen LogP contribution in [0.5, 0.6) is 0 Å². The van der Waals surface area contributed by atoms with Crippen molar-refractivity contribution in [2.24, 2.45) is 0 Å². The third-order valence-corrected chi connectivity index (χ3v) is 2.32. The predicted molar refractivity (Wildman–Crippen MR) is 57.9 cm³/mol. The van der Waals surface area contributed by atoms with E-state index in [9.17, 15) is 0 Å². The molecule has 2 N–H and O–H groups in total. The Morgan fingerprint density at radius 3 is 2.12 bits per heavy atom. The van der Waals surface area contributed by atoms with Crippen molar-refractivity contribution in [3.05, 3.63) is 17.0 Å². The number of rotatable bonds is 2. The number of aliphatic hydroxyl groups excluding tert-OH is 1. The fourth-order valence-corrected chi connectivity index (χ4v) is 1.25. The molecule has 0 aromatic rings. The monoisotopic (exact) mass is 362 g/mol. The molecule has 1 heterocycles. The number of carbonyl (C=O) groups is 1. The summed E-state index contributed by atoms with van der Waals surface area (Å²) in [5.41, 5.74) is 0. The summed E-state index contributed by atoms with van der Waals surface area (Å²) in [7, 11) is 1.79. The molecule has 0 spiro atoms. The van der Waals surface area contributed by atoms with Crippen LogP contribution in [0.4, 0.5) is 0 Å². The van der Waals surface area contributed by atoms with Crippen LogP contribution in [0.2, 0.25) is 0 Å². The molecule has 1 rings (SSSR count). The van der Waals surface area contributed by atoms with Crippen LogP contribution in [-0.4, -0.2) is 46.2 Å². The van der Waals surface area contributed by atoms with Crippen LogP contribution in [0.3, 0.4) is 0 Å². The minimum absolute atomic E-state index is 0. The van der Waals surface area contributed by atoms with Gasteiger partial charge >= 0.3 is 22.4 Å². The second-order valence-electron chi connectivity index (χ2n) is 2.74. The standard InChI is InChI=1S/C6H9Cl2N2O.C2H4O2.Ag/c1-9-4-10(2-3-11)6(8)5(9)7;1-2(3)4;/h4,11H,2-3H2,1H3;1H3,(H,3,4);/q-1;;+1. The predicted octanol–water partition coefficient (Wildman–Crippen LogP) is 1.04. The summed E-state index contributed by atoms with van der Waals surface area (Å²) in [6, 6.07) is 0. The van der Waals surface area contributed by atoms with Gasteiger partial charge in [0, 0.05) is 13.5 Å². The number of carboxylic acid groups (broad SMARTS) is 1. The third-order valence-electron chi connectivity index (χ3n) is 1.39. The molecule has 0 saturated heterocycles. The molecule has 5 nitrogen and oxygen atoms in total. The zero-order valence-electron chi connectivity index (χ0n) is 8.75. The smallest absolute Gasteiger partial charge is 0.494 e. The van der Waals surface area contributed by atoms with Crippen molar-refractivity contribution in [2.45, 2.75) is 6.92 Å². The van der Waals surface area contributed by atoms with E-state index < -0.39 is 5.97 Å². The molecule has 1 aliphatic heterocycles. The third kappa shape index (κ3) is 6.63. The Morgan fingerprint density at radius 1 is 1.44 bits per heavy atom. The number of aliphatic carboxylic acids is 1. The molecule has 0 fully saturated rings. The first kappa shape index (κ1) is 18.5. The summed E-state index contributed by atoms with van der Waals surface area (Å²) in [6.07, 6.45) is 0. The number of carboxylic acids is 1. The van der Waals surface area contributed by atoms with Crippen LogP contribution >= 0.6 is 23.2 Å². The Bertz CT molecular complexity index is 260. The zero-order valence-corrected chi connectivity index (χ0v) is 11.7. The average molecular weight is 364 g/mol.